The minimum Gasteiger partial charge on any atom is -0.398 e. The van der Waals surface area contributed by atoms with Crippen LogP contribution in [-0.4, -0.2) is 14.5 Å². The first-order valence-electron chi connectivity index (χ1n) is 5.54. The number of hydrogen-bond donors (Lipinski definition) is 3. The van der Waals surface area contributed by atoms with Crippen LogP contribution in [0.5, 0.6) is 0 Å². The lowest BCUT2D eigenvalue weighted by Crippen LogP contribution is -2.32. The Morgan fingerprint density at radius 3 is 2.47 bits per heavy atom. The molecule has 1 aromatic rings. The number of aryl methyl sites for hydroxylation is 2. The SMILES string of the molecule is Cc1cc(C)c(NS(=O)(=O)NC2CC2)cc1N. The molecule has 0 aromatic heterocycles. The molecule has 0 spiro atoms. The van der Waals surface area contributed by atoms with Gasteiger partial charge in [0.05, 0.1) is 5.69 Å². The van der Waals surface area contributed by atoms with Crippen LogP contribution >= 0.6 is 0 Å². The molecule has 1 aliphatic carbocycles. The number of rotatable bonds is 4. The van der Waals surface area contributed by atoms with Crippen molar-refractivity contribution in [2.75, 3.05) is 10.5 Å². The van der Waals surface area contributed by atoms with E-state index in [9.17, 15) is 8.42 Å². The molecule has 1 aliphatic rings. The molecule has 1 aromatic carbocycles. The van der Waals surface area contributed by atoms with Gasteiger partial charge in [0.2, 0.25) is 0 Å². The second kappa shape index (κ2) is 4.19. The third-order valence-electron chi connectivity index (χ3n) is 2.76. The van der Waals surface area contributed by atoms with Crippen LogP contribution in [0, 0.1) is 13.8 Å². The lowest BCUT2D eigenvalue weighted by molar-refractivity contribution is 0.586. The average molecular weight is 255 g/mol. The van der Waals surface area contributed by atoms with Gasteiger partial charge in [0.25, 0.3) is 10.2 Å². The second-order valence-corrected chi connectivity index (χ2v) is 5.97. The molecule has 0 amide bonds. The van der Waals surface area contributed by atoms with Gasteiger partial charge in [-0.05, 0) is 43.9 Å². The van der Waals surface area contributed by atoms with E-state index in [-0.39, 0.29) is 6.04 Å². The van der Waals surface area contributed by atoms with Crippen molar-refractivity contribution in [2.24, 2.45) is 0 Å². The minimum atomic E-state index is -3.48. The zero-order chi connectivity index (χ0) is 12.6. The van der Waals surface area contributed by atoms with Crippen LogP contribution in [0.4, 0.5) is 11.4 Å². The summed E-state index contributed by atoms with van der Waals surface area (Å²) in [4.78, 5) is 0. The van der Waals surface area contributed by atoms with Gasteiger partial charge in [0.1, 0.15) is 0 Å². The lowest BCUT2D eigenvalue weighted by atomic mass is 10.1. The molecule has 94 valence electrons. The van der Waals surface area contributed by atoms with Crippen LogP contribution in [-0.2, 0) is 10.2 Å². The van der Waals surface area contributed by atoms with E-state index in [1.807, 2.05) is 19.9 Å². The van der Waals surface area contributed by atoms with Crippen LogP contribution in [0.15, 0.2) is 12.1 Å². The highest BCUT2D eigenvalue weighted by atomic mass is 32.2. The van der Waals surface area contributed by atoms with E-state index in [2.05, 4.69) is 9.44 Å². The fraction of sp³-hybridized carbons (Fsp3) is 0.455. The van der Waals surface area contributed by atoms with Gasteiger partial charge in [-0.3, -0.25) is 4.72 Å². The summed E-state index contributed by atoms with van der Waals surface area (Å²) in [6.45, 7) is 3.74. The lowest BCUT2D eigenvalue weighted by Gasteiger charge is -2.13. The fourth-order valence-electron chi connectivity index (χ4n) is 1.57. The van der Waals surface area contributed by atoms with E-state index in [1.165, 1.54) is 0 Å². The summed E-state index contributed by atoms with van der Waals surface area (Å²) in [6.07, 6.45) is 1.83. The van der Waals surface area contributed by atoms with Gasteiger partial charge in [-0.25, -0.2) is 0 Å². The molecule has 5 nitrogen and oxygen atoms in total. The zero-order valence-corrected chi connectivity index (χ0v) is 10.8. The molecule has 0 atom stereocenters. The summed E-state index contributed by atoms with van der Waals surface area (Å²) in [6, 6.07) is 3.61. The van der Waals surface area contributed by atoms with Crippen molar-refractivity contribution in [3.8, 4) is 0 Å². The van der Waals surface area contributed by atoms with E-state index in [1.54, 1.807) is 6.07 Å². The van der Waals surface area contributed by atoms with E-state index in [0.717, 1.165) is 24.0 Å². The highest BCUT2D eigenvalue weighted by molar-refractivity contribution is 7.90. The third-order valence-corrected chi connectivity index (χ3v) is 3.89. The van der Waals surface area contributed by atoms with Crippen molar-refractivity contribution < 1.29 is 8.42 Å². The van der Waals surface area contributed by atoms with Gasteiger partial charge in [-0.1, -0.05) is 6.07 Å². The molecule has 6 heteroatoms. The molecule has 1 saturated carbocycles. The number of anilines is 2. The normalized spacial score (nSPS) is 15.9. The molecule has 0 radical (unpaired) electrons. The zero-order valence-electron chi connectivity index (χ0n) is 9.95. The standard InChI is InChI=1S/C11H17N3O2S/c1-7-5-8(2)11(6-10(7)12)14-17(15,16)13-9-3-4-9/h5-6,9,13-14H,3-4,12H2,1-2H3. The largest absolute Gasteiger partial charge is 0.398 e. The van der Waals surface area contributed by atoms with E-state index in [0.29, 0.717) is 11.4 Å². The highest BCUT2D eigenvalue weighted by Crippen LogP contribution is 2.24. The van der Waals surface area contributed by atoms with Crippen molar-refractivity contribution in [1.29, 1.82) is 0 Å². The van der Waals surface area contributed by atoms with Gasteiger partial charge < -0.3 is 5.73 Å². The third kappa shape index (κ3) is 3.10. The second-order valence-electron chi connectivity index (χ2n) is 4.52. The Bertz CT molecular complexity index is 536. The van der Waals surface area contributed by atoms with Crippen molar-refractivity contribution in [2.45, 2.75) is 32.7 Å². The van der Waals surface area contributed by atoms with Crippen LogP contribution in [0.2, 0.25) is 0 Å². The fourth-order valence-corrected chi connectivity index (χ4v) is 2.82. The van der Waals surface area contributed by atoms with Gasteiger partial charge in [-0.2, -0.15) is 13.1 Å². The summed E-state index contributed by atoms with van der Waals surface area (Å²) < 4.78 is 28.5. The Hall–Kier alpha value is -1.27. The van der Waals surface area contributed by atoms with Gasteiger partial charge in [0, 0.05) is 11.7 Å². The maximum atomic E-state index is 11.7. The predicted octanol–water partition coefficient (Wildman–Crippen LogP) is 1.29. The van der Waals surface area contributed by atoms with Crippen molar-refractivity contribution in [3.05, 3.63) is 23.3 Å². The first-order valence-corrected chi connectivity index (χ1v) is 7.02. The smallest absolute Gasteiger partial charge is 0.299 e. The molecule has 0 saturated heterocycles. The topological polar surface area (TPSA) is 84.2 Å². The molecular formula is C11H17N3O2S. The summed E-state index contributed by atoms with van der Waals surface area (Å²) in [5, 5.41) is 0. The van der Waals surface area contributed by atoms with Gasteiger partial charge >= 0.3 is 0 Å². The summed E-state index contributed by atoms with van der Waals surface area (Å²) >= 11 is 0. The number of nitrogen functional groups attached to an aromatic ring is 1. The van der Waals surface area contributed by atoms with E-state index >= 15 is 0 Å². The number of benzene rings is 1. The summed E-state index contributed by atoms with van der Waals surface area (Å²) in [5.41, 5.74) is 8.68. The molecule has 17 heavy (non-hydrogen) atoms. The van der Waals surface area contributed by atoms with E-state index in [4.69, 9.17) is 5.73 Å². The Kier molecular flexibility index (Phi) is 3.01. The van der Waals surface area contributed by atoms with Crippen molar-refractivity contribution in [3.63, 3.8) is 0 Å². The van der Waals surface area contributed by atoms with Gasteiger partial charge in [-0.15, -0.1) is 0 Å². The Labute approximate surface area is 102 Å². The minimum absolute atomic E-state index is 0.0931. The predicted molar refractivity (Wildman–Crippen MR) is 69.0 cm³/mol. The molecule has 1 fully saturated rings. The van der Waals surface area contributed by atoms with Crippen LogP contribution in [0.1, 0.15) is 24.0 Å². The monoisotopic (exact) mass is 255 g/mol. The molecule has 0 heterocycles. The maximum absolute atomic E-state index is 11.7. The Morgan fingerprint density at radius 1 is 1.24 bits per heavy atom. The summed E-state index contributed by atoms with van der Waals surface area (Å²) in [7, 11) is -3.48. The number of nitrogens with one attached hydrogen (secondary N) is 2. The Balaban J connectivity index is 2.20. The number of hydrogen-bond acceptors (Lipinski definition) is 3. The molecule has 0 bridgehead atoms. The first-order chi connectivity index (χ1) is 7.87. The van der Waals surface area contributed by atoms with Crippen molar-refractivity contribution in [1.82, 2.24) is 4.72 Å². The van der Waals surface area contributed by atoms with Crippen LogP contribution in [0.3, 0.4) is 0 Å². The Morgan fingerprint density at radius 2 is 1.88 bits per heavy atom. The van der Waals surface area contributed by atoms with Crippen molar-refractivity contribution >= 4 is 21.6 Å². The average Bonchev–Trinajstić information content (AvgIpc) is 2.96. The maximum Gasteiger partial charge on any atom is 0.299 e. The summed E-state index contributed by atoms with van der Waals surface area (Å²) in [5.74, 6) is 0. The quantitative estimate of drug-likeness (QED) is 0.709. The van der Waals surface area contributed by atoms with E-state index < -0.39 is 10.2 Å². The van der Waals surface area contributed by atoms with Crippen LogP contribution in [0.25, 0.3) is 0 Å². The molecule has 4 N–H and O–H groups in total. The molecule has 0 aliphatic heterocycles. The molecule has 0 unspecified atom stereocenters. The number of nitrogens with two attached hydrogens (primary N) is 1. The molecule has 2 rings (SSSR count). The highest BCUT2D eigenvalue weighted by Gasteiger charge is 2.27. The first kappa shape index (κ1) is 12.2. The van der Waals surface area contributed by atoms with Gasteiger partial charge in [0.15, 0.2) is 0 Å². The molecular weight excluding hydrogens is 238 g/mol. The van der Waals surface area contributed by atoms with Crippen LogP contribution < -0.4 is 15.2 Å².